The van der Waals surface area contributed by atoms with Crippen molar-refractivity contribution in [3.8, 4) is 11.8 Å². The second kappa shape index (κ2) is 20.0. The minimum atomic E-state index is -0.343. The third kappa shape index (κ3) is 15.9. The summed E-state index contributed by atoms with van der Waals surface area (Å²) in [5.41, 5.74) is 0. The lowest BCUT2D eigenvalue weighted by molar-refractivity contribution is -0.143. The van der Waals surface area contributed by atoms with E-state index in [2.05, 4.69) is 11.8 Å². The number of carbonyl (C=O) groups excluding carboxylic acids is 1. The molecular weight excluding hydrogens is 300 g/mol. The minimum Gasteiger partial charge on any atom is -0.466 e. The van der Waals surface area contributed by atoms with Crippen LogP contribution in [-0.4, -0.2) is 23.8 Å². The highest BCUT2D eigenvalue weighted by molar-refractivity contribution is 5.69. The van der Waals surface area contributed by atoms with E-state index in [9.17, 15) is 9.90 Å². The van der Waals surface area contributed by atoms with Crippen LogP contribution in [-0.2, 0) is 9.53 Å². The van der Waals surface area contributed by atoms with Crippen molar-refractivity contribution in [3.63, 3.8) is 0 Å². The summed E-state index contributed by atoms with van der Waals surface area (Å²) in [5, 5.41) is 9.81. The van der Waals surface area contributed by atoms with Crippen LogP contribution in [0, 0.1) is 17.8 Å². The first-order valence-corrected chi connectivity index (χ1v) is 10.0. The van der Waals surface area contributed by atoms with Crippen molar-refractivity contribution in [2.24, 2.45) is 5.92 Å². The van der Waals surface area contributed by atoms with Gasteiger partial charge in [-0.25, -0.2) is 0 Å². The van der Waals surface area contributed by atoms with Crippen molar-refractivity contribution in [1.29, 1.82) is 0 Å². The minimum absolute atomic E-state index is 0.170. The molecule has 1 N–H and O–H groups in total. The fourth-order valence-electron chi connectivity index (χ4n) is 2.56. The summed E-state index contributed by atoms with van der Waals surface area (Å²) in [6.45, 7) is 10.2. The maximum Gasteiger partial charge on any atom is 0.305 e. The van der Waals surface area contributed by atoms with E-state index in [0.717, 1.165) is 6.42 Å². The fourth-order valence-corrected chi connectivity index (χ4v) is 2.56. The molecular formula is C21H40O3. The van der Waals surface area contributed by atoms with Crippen LogP contribution in [0.25, 0.3) is 0 Å². The number of esters is 1. The van der Waals surface area contributed by atoms with Crippen LogP contribution < -0.4 is 0 Å². The van der Waals surface area contributed by atoms with Gasteiger partial charge in [0.25, 0.3) is 0 Å². The molecule has 1 aliphatic carbocycles. The third-order valence-electron chi connectivity index (χ3n) is 3.74. The molecule has 1 atom stereocenters. The first kappa shape index (κ1) is 25.2. The average molecular weight is 341 g/mol. The van der Waals surface area contributed by atoms with E-state index in [1.807, 2.05) is 27.7 Å². The summed E-state index contributed by atoms with van der Waals surface area (Å²) in [6.07, 6.45) is 9.36. The summed E-state index contributed by atoms with van der Waals surface area (Å²) in [7, 11) is 0. The van der Waals surface area contributed by atoms with Crippen LogP contribution in [0.15, 0.2) is 0 Å². The standard InChI is InChI=1S/C17H28O3.2C2H6/c1-2-20-17(19)14-8-13-16(18)12-7-6-11-15-9-4-3-5-10-15;2*1-2/h15-16,18H,2-5,7-10,12-14H2,1H3;2*1-2H3. The highest BCUT2D eigenvalue weighted by atomic mass is 16.5. The Morgan fingerprint density at radius 1 is 1.12 bits per heavy atom. The Labute approximate surface area is 150 Å². The molecule has 0 amide bonds. The van der Waals surface area contributed by atoms with Crippen molar-refractivity contribution >= 4 is 5.97 Å². The van der Waals surface area contributed by atoms with Gasteiger partial charge in [0.05, 0.1) is 12.7 Å². The molecule has 0 aromatic heterocycles. The van der Waals surface area contributed by atoms with Crippen LogP contribution in [0.2, 0.25) is 0 Å². The average Bonchev–Trinajstić information content (AvgIpc) is 2.63. The van der Waals surface area contributed by atoms with Gasteiger partial charge in [-0.2, -0.15) is 0 Å². The number of hydrogen-bond donors (Lipinski definition) is 1. The number of carbonyl (C=O) groups is 1. The topological polar surface area (TPSA) is 46.5 Å². The Kier molecular flexibility index (Phi) is 21.1. The zero-order valence-corrected chi connectivity index (χ0v) is 16.7. The number of aliphatic hydroxyl groups is 1. The van der Waals surface area contributed by atoms with E-state index in [1.54, 1.807) is 6.92 Å². The maximum absolute atomic E-state index is 11.1. The van der Waals surface area contributed by atoms with Gasteiger partial charge in [-0.05, 0) is 39.0 Å². The number of rotatable bonds is 7. The molecule has 3 nitrogen and oxygen atoms in total. The first-order chi connectivity index (χ1) is 11.7. The largest absolute Gasteiger partial charge is 0.466 e. The fraction of sp³-hybridized carbons (Fsp3) is 0.857. The molecule has 0 heterocycles. The molecule has 142 valence electrons. The van der Waals surface area contributed by atoms with Gasteiger partial charge >= 0.3 is 5.97 Å². The van der Waals surface area contributed by atoms with Gasteiger partial charge in [-0.3, -0.25) is 4.79 Å². The van der Waals surface area contributed by atoms with E-state index >= 15 is 0 Å². The SMILES string of the molecule is CC.CC.CCOC(=O)CCCC(O)CCC#CC1CCCCC1. The predicted molar refractivity (Wildman–Crippen MR) is 103 cm³/mol. The van der Waals surface area contributed by atoms with Gasteiger partial charge < -0.3 is 9.84 Å². The van der Waals surface area contributed by atoms with E-state index < -0.39 is 0 Å². The molecule has 0 radical (unpaired) electrons. The maximum atomic E-state index is 11.1. The Morgan fingerprint density at radius 3 is 2.33 bits per heavy atom. The summed E-state index contributed by atoms with van der Waals surface area (Å²) < 4.78 is 4.85. The molecule has 1 unspecified atom stereocenters. The number of aliphatic hydroxyl groups excluding tert-OH is 1. The molecule has 0 bridgehead atoms. The van der Waals surface area contributed by atoms with Crippen LogP contribution in [0.3, 0.4) is 0 Å². The summed E-state index contributed by atoms with van der Waals surface area (Å²) in [5.74, 6) is 6.95. The van der Waals surface area contributed by atoms with E-state index in [4.69, 9.17) is 4.74 Å². The molecule has 1 fully saturated rings. The first-order valence-electron chi connectivity index (χ1n) is 10.0. The monoisotopic (exact) mass is 340 g/mol. The highest BCUT2D eigenvalue weighted by Gasteiger charge is 2.10. The third-order valence-corrected chi connectivity index (χ3v) is 3.74. The molecule has 24 heavy (non-hydrogen) atoms. The van der Waals surface area contributed by atoms with Crippen LogP contribution in [0.4, 0.5) is 0 Å². The highest BCUT2D eigenvalue weighted by Crippen LogP contribution is 2.22. The molecule has 0 spiro atoms. The molecule has 1 aliphatic rings. The Balaban J connectivity index is 0. The van der Waals surface area contributed by atoms with Crippen molar-refractivity contribution in [3.05, 3.63) is 0 Å². The Bertz CT molecular complexity index is 322. The van der Waals surface area contributed by atoms with Crippen molar-refractivity contribution in [1.82, 2.24) is 0 Å². The molecule has 0 saturated heterocycles. The number of ether oxygens (including phenoxy) is 1. The van der Waals surface area contributed by atoms with Crippen LogP contribution >= 0.6 is 0 Å². The van der Waals surface area contributed by atoms with Gasteiger partial charge in [0.1, 0.15) is 0 Å². The van der Waals surface area contributed by atoms with E-state index in [1.165, 1.54) is 32.1 Å². The Hall–Kier alpha value is -1.01. The molecule has 3 heteroatoms. The van der Waals surface area contributed by atoms with Gasteiger partial charge in [0.15, 0.2) is 0 Å². The second-order valence-electron chi connectivity index (χ2n) is 5.55. The van der Waals surface area contributed by atoms with Crippen LogP contribution in [0.1, 0.15) is 98.8 Å². The normalized spacial score (nSPS) is 14.8. The predicted octanol–water partition coefficient (Wildman–Crippen LogP) is 5.50. The summed E-state index contributed by atoms with van der Waals surface area (Å²) in [6, 6.07) is 0. The lowest BCUT2D eigenvalue weighted by Crippen LogP contribution is -2.09. The zero-order valence-electron chi connectivity index (χ0n) is 16.7. The number of hydrogen-bond acceptors (Lipinski definition) is 3. The second-order valence-corrected chi connectivity index (χ2v) is 5.55. The van der Waals surface area contributed by atoms with E-state index in [-0.39, 0.29) is 12.1 Å². The van der Waals surface area contributed by atoms with Gasteiger partial charge in [-0.1, -0.05) is 52.9 Å². The quantitative estimate of drug-likeness (QED) is 0.492. The molecule has 1 rings (SSSR count). The lowest BCUT2D eigenvalue weighted by atomic mass is 9.90. The molecule has 0 aromatic carbocycles. The van der Waals surface area contributed by atoms with Crippen molar-refractivity contribution < 1.29 is 14.6 Å². The van der Waals surface area contributed by atoms with E-state index in [0.29, 0.717) is 38.2 Å². The summed E-state index contributed by atoms with van der Waals surface area (Å²) >= 11 is 0. The molecule has 0 aromatic rings. The van der Waals surface area contributed by atoms with Gasteiger partial charge in [0, 0.05) is 18.8 Å². The molecule has 0 aliphatic heterocycles. The van der Waals surface area contributed by atoms with Gasteiger partial charge in [-0.15, -0.1) is 5.92 Å². The summed E-state index contributed by atoms with van der Waals surface area (Å²) in [4.78, 5) is 11.1. The molecule has 1 saturated carbocycles. The van der Waals surface area contributed by atoms with Crippen LogP contribution in [0.5, 0.6) is 0 Å². The van der Waals surface area contributed by atoms with Crippen molar-refractivity contribution in [2.45, 2.75) is 105 Å². The Morgan fingerprint density at radius 2 is 1.75 bits per heavy atom. The zero-order chi connectivity index (χ0) is 18.6. The lowest BCUT2D eigenvalue weighted by Gasteiger charge is -2.15. The van der Waals surface area contributed by atoms with Gasteiger partial charge in [0.2, 0.25) is 0 Å². The van der Waals surface area contributed by atoms with Crippen molar-refractivity contribution in [2.75, 3.05) is 6.61 Å². The smallest absolute Gasteiger partial charge is 0.305 e.